The van der Waals surface area contributed by atoms with Gasteiger partial charge in [0.1, 0.15) is 12.1 Å². The highest BCUT2D eigenvalue weighted by atomic mass is 16.2. The Morgan fingerprint density at radius 3 is 1.75 bits per heavy atom. The van der Waals surface area contributed by atoms with Crippen LogP contribution < -0.4 is 31.9 Å². The van der Waals surface area contributed by atoms with Gasteiger partial charge < -0.3 is 46.3 Å². The van der Waals surface area contributed by atoms with Crippen LogP contribution in [-0.4, -0.2) is 124 Å². The van der Waals surface area contributed by atoms with Crippen LogP contribution >= 0.6 is 0 Å². The zero-order valence-corrected chi connectivity index (χ0v) is 45.9. The van der Waals surface area contributed by atoms with Gasteiger partial charge in [-0.2, -0.15) is 0 Å². The molecule has 2 fully saturated rings. The molecule has 17 heteroatoms. The third kappa shape index (κ3) is 12.5. The first-order valence-electron chi connectivity index (χ1n) is 27.6. The van der Waals surface area contributed by atoms with E-state index in [9.17, 15) is 28.8 Å². The summed E-state index contributed by atoms with van der Waals surface area (Å²) in [6.45, 7) is 13.4. The minimum atomic E-state index is -0.662. The van der Waals surface area contributed by atoms with Crippen molar-refractivity contribution >= 4 is 51.9 Å². The second kappa shape index (κ2) is 25.3. The van der Waals surface area contributed by atoms with Crippen LogP contribution in [0.2, 0.25) is 0 Å². The number of likely N-dealkylation sites (N-methyl/N-ethyl adjacent to an activating group) is 2. The monoisotopic (exact) mass is 1050 g/mol. The topological polar surface area (TPSA) is 212 Å². The summed E-state index contributed by atoms with van der Waals surface area (Å²) in [5.74, 6) is -1.37. The van der Waals surface area contributed by atoms with Gasteiger partial charge in [0.2, 0.25) is 23.6 Å². The van der Waals surface area contributed by atoms with Crippen LogP contribution in [-0.2, 0) is 24.0 Å². The fourth-order valence-electron chi connectivity index (χ4n) is 11.0. The molecule has 5 aromatic rings. The molecule has 0 bridgehead atoms. The lowest BCUT2D eigenvalue weighted by Crippen LogP contribution is -2.54. The summed E-state index contributed by atoms with van der Waals surface area (Å²) in [7, 11) is 3.44. The summed E-state index contributed by atoms with van der Waals surface area (Å²) in [6.07, 6.45) is 16.6. The second-order valence-corrected chi connectivity index (χ2v) is 21.5. The number of carbonyl (C=O) groups excluding carboxylic acids is 6. The maximum atomic E-state index is 14.1. The molecule has 17 nitrogen and oxygen atoms in total. The standard InChI is InChI=1S/C60H77N11O6/c1-36(2)53(67-55(72)38(5)61-7)59(76)69-26-16-22-50(69)41-28-40(31-63-32-41)47-30-48(45-19-11-10-18-44(45)47)57(74)65-24-14-9-15-25-66-58(75)49-35-71(52-21-13-12-20-46(49)52)43-29-42(33-64-34-43)51-23-17-27-70(51)60(77)54(37(3)4)68-56(73)39(6)62-8/h10-13,18-21,28-39,47,50-51,53-54,61-62H,9,14-17,22-27H2,1-8H3,(H,65,74)(H,66,75)(H,67,72)(H,68,73)/t38-,39-,47?,50-,51-,53-,54-/m0/s1. The van der Waals surface area contributed by atoms with E-state index < -0.39 is 24.2 Å². The first kappa shape index (κ1) is 56.0. The molecule has 3 aromatic heterocycles. The number of fused-ring (bicyclic) bond motifs is 2. The number of amides is 6. The first-order valence-corrected chi connectivity index (χ1v) is 27.6. The Labute approximate surface area is 452 Å². The largest absolute Gasteiger partial charge is 0.352 e. The van der Waals surface area contributed by atoms with Crippen LogP contribution in [0.4, 0.5) is 0 Å². The van der Waals surface area contributed by atoms with Crippen molar-refractivity contribution in [1.82, 2.24) is 56.2 Å². The van der Waals surface area contributed by atoms with Crippen LogP contribution in [0, 0.1) is 11.8 Å². The zero-order valence-electron chi connectivity index (χ0n) is 45.9. The Morgan fingerprint density at radius 2 is 1.16 bits per heavy atom. The highest BCUT2D eigenvalue weighted by Gasteiger charge is 2.39. The van der Waals surface area contributed by atoms with E-state index in [2.05, 4.69) is 47.9 Å². The van der Waals surface area contributed by atoms with Crippen LogP contribution in [0.15, 0.2) is 97.7 Å². The van der Waals surface area contributed by atoms with Crippen molar-refractivity contribution in [3.05, 3.63) is 131 Å². The number of benzene rings is 2. The minimum Gasteiger partial charge on any atom is -0.352 e. The van der Waals surface area contributed by atoms with Gasteiger partial charge in [0.25, 0.3) is 11.8 Å². The molecule has 0 saturated carbocycles. The summed E-state index contributed by atoms with van der Waals surface area (Å²) in [5.41, 5.74) is 7.44. The van der Waals surface area contributed by atoms with Gasteiger partial charge in [0, 0.05) is 67.8 Å². The van der Waals surface area contributed by atoms with E-state index in [1.54, 1.807) is 40.3 Å². The van der Waals surface area contributed by atoms with Gasteiger partial charge in [-0.05, 0) is 131 Å². The SMILES string of the molecule is CN[C@@H](C)C(=O)N[C@H](C(=O)N1CCC[C@H]1c1cncc(C2C=C(C(=O)NCCCCCNC(=O)c3cn(-c4cncc([C@@H]5CCCN5C(=O)[C@@H](NC(=O)[C@H](C)NC)C(C)C)c4)c4ccccc34)c3ccccc32)c1)C(C)C. The molecule has 5 heterocycles. The summed E-state index contributed by atoms with van der Waals surface area (Å²) >= 11 is 0. The zero-order chi connectivity index (χ0) is 54.9. The van der Waals surface area contributed by atoms with Crippen LogP contribution in [0.25, 0.3) is 22.2 Å². The number of unbranched alkanes of at least 4 members (excludes halogenated alkanes) is 2. The molecule has 8 rings (SSSR count). The van der Waals surface area contributed by atoms with E-state index in [1.165, 1.54) is 0 Å². The average Bonchev–Trinajstić information content (AvgIpc) is 4.30. The van der Waals surface area contributed by atoms with Gasteiger partial charge in [-0.25, -0.2) is 0 Å². The third-order valence-corrected chi connectivity index (χ3v) is 15.7. The molecule has 2 aromatic carbocycles. The molecule has 2 aliphatic heterocycles. The number of pyridine rings is 2. The maximum absolute atomic E-state index is 14.1. The number of hydrogen-bond donors (Lipinski definition) is 6. The van der Waals surface area contributed by atoms with E-state index in [4.69, 9.17) is 0 Å². The van der Waals surface area contributed by atoms with Crippen molar-refractivity contribution in [3.63, 3.8) is 0 Å². The number of carbonyl (C=O) groups is 6. The Kier molecular flexibility index (Phi) is 18.4. The molecule has 77 heavy (non-hydrogen) atoms. The molecule has 1 aliphatic carbocycles. The van der Waals surface area contributed by atoms with E-state index in [1.807, 2.05) is 121 Å². The highest BCUT2D eigenvalue weighted by Crippen LogP contribution is 2.42. The van der Waals surface area contributed by atoms with Gasteiger partial charge in [-0.15, -0.1) is 0 Å². The second-order valence-electron chi connectivity index (χ2n) is 21.5. The number of rotatable bonds is 22. The molecule has 6 amide bonds. The minimum absolute atomic E-state index is 0.0955. The average molecular weight is 1050 g/mol. The van der Waals surface area contributed by atoms with Crippen LogP contribution in [0.5, 0.6) is 0 Å². The number of allylic oxidation sites excluding steroid dienone is 1. The number of hydrogen-bond acceptors (Lipinski definition) is 10. The Morgan fingerprint density at radius 1 is 0.623 bits per heavy atom. The molecule has 7 atom stereocenters. The van der Waals surface area contributed by atoms with Crippen LogP contribution in [0.1, 0.15) is 143 Å². The molecular formula is C60H77N11O6. The molecule has 6 N–H and O–H groups in total. The van der Waals surface area contributed by atoms with Crippen molar-refractivity contribution in [2.45, 2.75) is 129 Å². The van der Waals surface area contributed by atoms with Crippen molar-refractivity contribution in [2.24, 2.45) is 11.8 Å². The molecule has 0 radical (unpaired) electrons. The number of nitrogens with zero attached hydrogens (tertiary/aromatic N) is 5. The fraction of sp³-hybridized carbons (Fsp3) is 0.467. The van der Waals surface area contributed by atoms with Gasteiger partial charge in [0.05, 0.1) is 47.1 Å². The smallest absolute Gasteiger partial charge is 0.253 e. The molecule has 0 spiro atoms. The van der Waals surface area contributed by atoms with Crippen molar-refractivity contribution in [1.29, 1.82) is 0 Å². The summed E-state index contributed by atoms with van der Waals surface area (Å²) in [6, 6.07) is 17.3. The summed E-state index contributed by atoms with van der Waals surface area (Å²) < 4.78 is 1.98. The fourth-order valence-corrected chi connectivity index (χ4v) is 11.0. The lowest BCUT2D eigenvalue weighted by atomic mass is 9.92. The predicted molar refractivity (Wildman–Crippen MR) is 299 cm³/mol. The molecule has 2 saturated heterocycles. The Bertz CT molecular complexity index is 2990. The van der Waals surface area contributed by atoms with E-state index in [0.717, 1.165) is 89.4 Å². The Hall–Kier alpha value is -7.24. The normalized spacial score (nSPS) is 18.7. The number of para-hydroxylation sites is 1. The number of nitrogens with one attached hydrogen (secondary N) is 6. The maximum Gasteiger partial charge on any atom is 0.253 e. The lowest BCUT2D eigenvalue weighted by Gasteiger charge is -2.32. The lowest BCUT2D eigenvalue weighted by molar-refractivity contribution is -0.139. The van der Waals surface area contributed by atoms with Crippen molar-refractivity contribution in [3.8, 4) is 5.69 Å². The van der Waals surface area contributed by atoms with Crippen molar-refractivity contribution in [2.75, 3.05) is 40.3 Å². The summed E-state index contributed by atoms with van der Waals surface area (Å²) in [5, 5.41) is 18.9. The van der Waals surface area contributed by atoms with Gasteiger partial charge >= 0.3 is 0 Å². The van der Waals surface area contributed by atoms with Gasteiger partial charge in [-0.1, -0.05) is 76.2 Å². The van der Waals surface area contributed by atoms with Crippen LogP contribution in [0.3, 0.4) is 0 Å². The molecule has 1 unspecified atom stereocenters. The van der Waals surface area contributed by atoms with E-state index >= 15 is 0 Å². The van der Waals surface area contributed by atoms with Gasteiger partial charge in [-0.3, -0.25) is 38.7 Å². The highest BCUT2D eigenvalue weighted by molar-refractivity contribution is 6.21. The Balaban J connectivity index is 0.855. The molecule has 408 valence electrons. The van der Waals surface area contributed by atoms with Crippen molar-refractivity contribution < 1.29 is 28.8 Å². The van der Waals surface area contributed by atoms with Gasteiger partial charge in [0.15, 0.2) is 0 Å². The third-order valence-electron chi connectivity index (χ3n) is 15.7. The number of likely N-dealkylation sites (tertiary alicyclic amines) is 2. The van der Waals surface area contributed by atoms with E-state index in [-0.39, 0.29) is 65.3 Å². The quantitative estimate of drug-likeness (QED) is 0.0415. The number of aromatic nitrogens is 3. The first-order chi connectivity index (χ1) is 37.1. The molecule has 3 aliphatic rings. The molecular weight excluding hydrogens is 971 g/mol. The van der Waals surface area contributed by atoms with E-state index in [0.29, 0.717) is 37.3 Å². The summed E-state index contributed by atoms with van der Waals surface area (Å²) in [4.78, 5) is 94.5. The predicted octanol–water partition coefficient (Wildman–Crippen LogP) is 6.49.